The van der Waals surface area contributed by atoms with Crippen LogP contribution in [0.5, 0.6) is 11.5 Å². The molecule has 168 valence electrons. The number of benzene rings is 2. The van der Waals surface area contributed by atoms with Gasteiger partial charge in [0, 0.05) is 18.7 Å². The molecule has 0 radical (unpaired) electrons. The van der Waals surface area contributed by atoms with Crippen molar-refractivity contribution in [3.05, 3.63) is 60.2 Å². The number of fused-ring (bicyclic) bond motifs is 1. The monoisotopic (exact) mass is 435 g/mol. The predicted molar refractivity (Wildman–Crippen MR) is 123 cm³/mol. The number of carbonyl (C=O) groups excluding carboxylic acids is 1. The summed E-state index contributed by atoms with van der Waals surface area (Å²) in [6.45, 7) is 3.71. The average Bonchev–Trinajstić information content (AvgIpc) is 3.04. The van der Waals surface area contributed by atoms with Gasteiger partial charge in [0.2, 0.25) is 0 Å². The maximum Gasteiger partial charge on any atom is 0.326 e. The minimum atomic E-state index is -0.273. The van der Waals surface area contributed by atoms with E-state index in [-0.39, 0.29) is 6.03 Å². The van der Waals surface area contributed by atoms with Gasteiger partial charge in [0.15, 0.2) is 5.82 Å². The van der Waals surface area contributed by atoms with E-state index in [2.05, 4.69) is 20.1 Å². The van der Waals surface area contributed by atoms with Crippen LogP contribution in [0.4, 0.5) is 16.2 Å². The molecule has 2 heterocycles. The number of methoxy groups -OCH3 is 1. The first-order valence-electron chi connectivity index (χ1n) is 11.0. The van der Waals surface area contributed by atoms with Crippen LogP contribution in [0.2, 0.25) is 0 Å². The lowest BCUT2D eigenvalue weighted by molar-refractivity contribution is 0.256. The van der Waals surface area contributed by atoms with Crippen molar-refractivity contribution in [3.63, 3.8) is 0 Å². The second kappa shape index (κ2) is 10.2. The summed E-state index contributed by atoms with van der Waals surface area (Å²) in [5.41, 5.74) is 1.35. The van der Waals surface area contributed by atoms with Crippen LogP contribution in [0.3, 0.4) is 0 Å². The Balaban J connectivity index is 1.63. The highest BCUT2D eigenvalue weighted by atomic mass is 16.5. The second-order valence-corrected chi connectivity index (χ2v) is 7.64. The average molecular weight is 436 g/mol. The SMILES string of the molecule is CCOc1ccc(N(Cc2nnc3n2CCCCC3)C(=O)Nc2ccccc2OC)cc1. The third-order valence-electron chi connectivity index (χ3n) is 5.54. The number of anilines is 2. The molecule has 0 saturated heterocycles. The lowest BCUT2D eigenvalue weighted by atomic mass is 10.2. The van der Waals surface area contributed by atoms with Crippen molar-refractivity contribution in [2.24, 2.45) is 0 Å². The van der Waals surface area contributed by atoms with Gasteiger partial charge in [0.1, 0.15) is 17.3 Å². The fourth-order valence-electron chi connectivity index (χ4n) is 3.90. The quantitative estimate of drug-likeness (QED) is 0.584. The van der Waals surface area contributed by atoms with E-state index in [1.54, 1.807) is 12.0 Å². The zero-order valence-electron chi connectivity index (χ0n) is 18.6. The van der Waals surface area contributed by atoms with Gasteiger partial charge in [0.05, 0.1) is 25.9 Å². The number of hydrogen-bond acceptors (Lipinski definition) is 5. The maximum atomic E-state index is 13.4. The Morgan fingerprint density at radius 1 is 1.09 bits per heavy atom. The smallest absolute Gasteiger partial charge is 0.326 e. The first-order chi connectivity index (χ1) is 15.7. The lowest BCUT2D eigenvalue weighted by Crippen LogP contribution is -2.35. The first kappa shape index (κ1) is 21.7. The molecule has 0 atom stereocenters. The van der Waals surface area contributed by atoms with Gasteiger partial charge < -0.3 is 19.4 Å². The molecule has 1 aromatic heterocycles. The van der Waals surface area contributed by atoms with Crippen LogP contribution >= 0.6 is 0 Å². The Morgan fingerprint density at radius 3 is 2.69 bits per heavy atom. The number of para-hydroxylation sites is 2. The fraction of sp³-hybridized carbons (Fsp3) is 0.375. The summed E-state index contributed by atoms with van der Waals surface area (Å²) in [4.78, 5) is 15.1. The molecule has 8 heteroatoms. The van der Waals surface area contributed by atoms with Crippen molar-refractivity contribution >= 4 is 17.4 Å². The van der Waals surface area contributed by atoms with E-state index in [1.807, 2.05) is 55.5 Å². The molecular formula is C24H29N5O3. The minimum absolute atomic E-state index is 0.273. The number of amides is 2. The minimum Gasteiger partial charge on any atom is -0.495 e. The van der Waals surface area contributed by atoms with Gasteiger partial charge in [-0.25, -0.2) is 4.79 Å². The third-order valence-corrected chi connectivity index (χ3v) is 5.54. The van der Waals surface area contributed by atoms with Gasteiger partial charge in [-0.15, -0.1) is 10.2 Å². The van der Waals surface area contributed by atoms with Crippen molar-refractivity contribution in [2.45, 2.75) is 45.7 Å². The van der Waals surface area contributed by atoms with Crippen LogP contribution < -0.4 is 19.7 Å². The molecular weight excluding hydrogens is 406 g/mol. The third kappa shape index (κ3) is 4.85. The van der Waals surface area contributed by atoms with Gasteiger partial charge >= 0.3 is 6.03 Å². The number of carbonyl (C=O) groups is 1. The molecule has 32 heavy (non-hydrogen) atoms. The van der Waals surface area contributed by atoms with E-state index in [0.29, 0.717) is 24.6 Å². The largest absolute Gasteiger partial charge is 0.495 e. The molecule has 0 bridgehead atoms. The van der Waals surface area contributed by atoms with Crippen LogP contribution in [-0.2, 0) is 19.5 Å². The van der Waals surface area contributed by atoms with Crippen LogP contribution in [0.25, 0.3) is 0 Å². The normalized spacial score (nSPS) is 13.1. The molecule has 1 aliphatic heterocycles. The highest BCUT2D eigenvalue weighted by Gasteiger charge is 2.23. The fourth-order valence-corrected chi connectivity index (χ4v) is 3.90. The highest BCUT2D eigenvalue weighted by Crippen LogP contribution is 2.27. The van der Waals surface area contributed by atoms with Crippen LogP contribution in [-0.4, -0.2) is 34.5 Å². The molecule has 0 spiro atoms. The Bertz CT molecular complexity index is 1050. The van der Waals surface area contributed by atoms with Crippen molar-refractivity contribution < 1.29 is 14.3 Å². The molecule has 4 rings (SSSR count). The lowest BCUT2D eigenvalue weighted by Gasteiger charge is -2.24. The van der Waals surface area contributed by atoms with Crippen molar-refractivity contribution in [3.8, 4) is 11.5 Å². The zero-order valence-corrected chi connectivity index (χ0v) is 18.6. The van der Waals surface area contributed by atoms with E-state index in [1.165, 1.54) is 6.42 Å². The molecule has 0 unspecified atom stereocenters. The Kier molecular flexibility index (Phi) is 6.89. The summed E-state index contributed by atoms with van der Waals surface area (Å²) in [7, 11) is 1.58. The predicted octanol–water partition coefficient (Wildman–Crippen LogP) is 4.65. The standard InChI is InChI=1S/C24H29N5O3/c1-3-32-19-14-12-18(13-15-19)29(24(30)25-20-9-6-7-10-21(20)31-2)17-23-27-26-22-11-5-4-8-16-28(22)23/h6-7,9-10,12-15H,3-5,8,11,16-17H2,1-2H3,(H,25,30). The van der Waals surface area contributed by atoms with Crippen LogP contribution in [0.1, 0.15) is 37.8 Å². The van der Waals surface area contributed by atoms with E-state index in [0.717, 1.165) is 48.9 Å². The molecule has 1 N–H and O–H groups in total. The van der Waals surface area contributed by atoms with E-state index >= 15 is 0 Å². The van der Waals surface area contributed by atoms with E-state index in [9.17, 15) is 4.79 Å². The van der Waals surface area contributed by atoms with Gasteiger partial charge in [-0.3, -0.25) is 4.90 Å². The summed E-state index contributed by atoms with van der Waals surface area (Å²) < 4.78 is 13.1. The molecule has 1 aliphatic rings. The summed E-state index contributed by atoms with van der Waals surface area (Å²) in [5.74, 6) is 3.14. The van der Waals surface area contributed by atoms with E-state index in [4.69, 9.17) is 9.47 Å². The molecule has 0 saturated carbocycles. The molecule has 0 aliphatic carbocycles. The van der Waals surface area contributed by atoms with Gasteiger partial charge in [-0.2, -0.15) is 0 Å². The highest BCUT2D eigenvalue weighted by molar-refractivity contribution is 6.02. The topological polar surface area (TPSA) is 81.5 Å². The second-order valence-electron chi connectivity index (χ2n) is 7.64. The summed E-state index contributed by atoms with van der Waals surface area (Å²) in [5, 5.41) is 11.8. The number of ether oxygens (including phenoxy) is 2. The molecule has 0 fully saturated rings. The summed E-state index contributed by atoms with van der Waals surface area (Å²) >= 11 is 0. The van der Waals surface area contributed by atoms with E-state index < -0.39 is 0 Å². The number of aromatic nitrogens is 3. The first-order valence-corrected chi connectivity index (χ1v) is 11.0. The molecule has 3 aromatic rings. The van der Waals surface area contributed by atoms with Crippen LogP contribution in [0, 0.1) is 0 Å². The molecule has 8 nitrogen and oxygen atoms in total. The van der Waals surface area contributed by atoms with Crippen molar-refractivity contribution in [1.82, 2.24) is 14.8 Å². The number of nitrogens with zero attached hydrogens (tertiary/aromatic N) is 4. The van der Waals surface area contributed by atoms with Crippen molar-refractivity contribution in [2.75, 3.05) is 23.9 Å². The molecule has 2 aromatic carbocycles. The van der Waals surface area contributed by atoms with Crippen molar-refractivity contribution in [1.29, 1.82) is 0 Å². The van der Waals surface area contributed by atoms with Gasteiger partial charge in [0.25, 0.3) is 0 Å². The Morgan fingerprint density at radius 2 is 1.91 bits per heavy atom. The Hall–Kier alpha value is -3.55. The zero-order chi connectivity index (χ0) is 22.3. The molecule has 2 amide bonds. The number of rotatable bonds is 7. The number of urea groups is 1. The number of hydrogen-bond donors (Lipinski definition) is 1. The summed E-state index contributed by atoms with van der Waals surface area (Å²) in [6.07, 6.45) is 4.31. The van der Waals surface area contributed by atoms with Gasteiger partial charge in [-0.05, 0) is 56.2 Å². The van der Waals surface area contributed by atoms with Gasteiger partial charge in [-0.1, -0.05) is 18.6 Å². The summed E-state index contributed by atoms with van der Waals surface area (Å²) in [6, 6.07) is 14.6. The Labute approximate surface area is 188 Å². The maximum absolute atomic E-state index is 13.4. The number of aryl methyl sites for hydroxylation is 1. The number of nitrogens with one attached hydrogen (secondary N) is 1. The van der Waals surface area contributed by atoms with Crippen LogP contribution in [0.15, 0.2) is 48.5 Å².